The smallest absolute Gasteiger partial charge is 0.335 e. The Morgan fingerprint density at radius 1 is 1.42 bits per heavy atom. The first-order chi connectivity index (χ1) is 9.02. The lowest BCUT2D eigenvalue weighted by Crippen LogP contribution is -2.28. The van der Waals surface area contributed by atoms with Crippen LogP contribution in [0.1, 0.15) is 10.4 Å². The van der Waals surface area contributed by atoms with Gasteiger partial charge in [0.2, 0.25) is 0 Å². The average molecular weight is 331 g/mol. The summed E-state index contributed by atoms with van der Waals surface area (Å²) in [7, 11) is 3.70. The van der Waals surface area contributed by atoms with E-state index < -0.39 is 5.97 Å². The Kier molecular flexibility index (Phi) is 6.83. The van der Waals surface area contributed by atoms with Crippen molar-refractivity contribution >= 4 is 27.6 Å². The van der Waals surface area contributed by atoms with Gasteiger partial charge in [0.05, 0.1) is 12.2 Å². The molecule has 106 valence electrons. The van der Waals surface area contributed by atoms with Crippen LogP contribution in [-0.4, -0.2) is 56.4 Å². The number of hydrogen-bond acceptors (Lipinski definition) is 4. The van der Waals surface area contributed by atoms with E-state index in [9.17, 15) is 4.79 Å². The van der Waals surface area contributed by atoms with E-state index in [1.807, 2.05) is 13.1 Å². The van der Waals surface area contributed by atoms with Crippen molar-refractivity contribution in [3.63, 3.8) is 0 Å². The molecule has 0 atom stereocenters. The first-order valence-electron chi connectivity index (χ1n) is 5.98. The maximum absolute atomic E-state index is 10.9. The van der Waals surface area contributed by atoms with E-state index in [-0.39, 0.29) is 5.56 Å². The number of hydrogen-bond donors (Lipinski definition) is 2. The lowest BCUT2D eigenvalue weighted by Gasteiger charge is -2.16. The predicted octanol–water partition coefficient (Wildman–Crippen LogP) is 2.14. The highest BCUT2D eigenvalue weighted by molar-refractivity contribution is 9.10. The molecule has 5 nitrogen and oxygen atoms in total. The van der Waals surface area contributed by atoms with Crippen LogP contribution in [-0.2, 0) is 4.74 Å². The summed E-state index contributed by atoms with van der Waals surface area (Å²) in [4.78, 5) is 13.1. The second kappa shape index (κ2) is 8.14. The largest absolute Gasteiger partial charge is 0.478 e. The Morgan fingerprint density at radius 3 is 2.79 bits per heavy atom. The Hall–Kier alpha value is -1.11. The highest BCUT2D eigenvalue weighted by atomic mass is 79.9. The minimum absolute atomic E-state index is 0.268. The van der Waals surface area contributed by atoms with Crippen molar-refractivity contribution in [3.05, 3.63) is 28.2 Å². The Labute approximate surface area is 121 Å². The molecule has 0 bridgehead atoms. The van der Waals surface area contributed by atoms with Gasteiger partial charge in [-0.25, -0.2) is 4.79 Å². The highest BCUT2D eigenvalue weighted by Crippen LogP contribution is 2.19. The van der Waals surface area contributed by atoms with Gasteiger partial charge in [0, 0.05) is 36.9 Å². The first kappa shape index (κ1) is 15.9. The van der Waals surface area contributed by atoms with Gasteiger partial charge in [-0.05, 0) is 25.2 Å². The molecule has 0 saturated carbocycles. The number of nitrogens with zero attached hydrogens (tertiary/aromatic N) is 1. The van der Waals surface area contributed by atoms with Crippen LogP contribution < -0.4 is 5.32 Å². The molecule has 0 aliphatic heterocycles. The molecule has 19 heavy (non-hydrogen) atoms. The fourth-order valence-electron chi connectivity index (χ4n) is 1.57. The summed E-state index contributed by atoms with van der Waals surface area (Å²) >= 11 is 3.31. The molecular formula is C13H19BrN2O3. The zero-order valence-corrected chi connectivity index (χ0v) is 12.7. The van der Waals surface area contributed by atoms with Crippen molar-refractivity contribution in [2.75, 3.05) is 45.7 Å². The van der Waals surface area contributed by atoms with Crippen LogP contribution in [0.5, 0.6) is 0 Å². The molecule has 0 fully saturated rings. The number of benzene rings is 1. The van der Waals surface area contributed by atoms with Crippen molar-refractivity contribution in [1.82, 2.24) is 4.90 Å². The van der Waals surface area contributed by atoms with Gasteiger partial charge in [-0.1, -0.05) is 15.9 Å². The summed E-state index contributed by atoms with van der Waals surface area (Å²) in [6.07, 6.45) is 0. The number of carboxylic acid groups (broad SMARTS) is 1. The van der Waals surface area contributed by atoms with Gasteiger partial charge in [-0.3, -0.25) is 0 Å². The van der Waals surface area contributed by atoms with Crippen LogP contribution in [0, 0.1) is 0 Å². The molecule has 0 unspecified atom stereocenters. The van der Waals surface area contributed by atoms with Crippen molar-refractivity contribution in [1.29, 1.82) is 0 Å². The van der Waals surface area contributed by atoms with Crippen molar-refractivity contribution in [3.8, 4) is 0 Å². The average Bonchev–Trinajstić information content (AvgIpc) is 2.35. The molecule has 0 radical (unpaired) electrons. The van der Waals surface area contributed by atoms with Gasteiger partial charge in [-0.15, -0.1) is 0 Å². The highest BCUT2D eigenvalue weighted by Gasteiger charge is 2.06. The van der Waals surface area contributed by atoms with Crippen LogP contribution >= 0.6 is 15.9 Å². The van der Waals surface area contributed by atoms with Gasteiger partial charge in [0.25, 0.3) is 0 Å². The summed E-state index contributed by atoms with van der Waals surface area (Å²) < 4.78 is 5.75. The molecule has 1 aromatic carbocycles. The Balaban J connectivity index is 2.47. The van der Waals surface area contributed by atoms with E-state index in [1.54, 1.807) is 19.2 Å². The first-order valence-corrected chi connectivity index (χ1v) is 6.77. The summed E-state index contributed by atoms with van der Waals surface area (Å²) in [5.41, 5.74) is 1.07. The van der Waals surface area contributed by atoms with Crippen LogP contribution in [0.2, 0.25) is 0 Å². The standard InChI is InChI=1S/C13H19BrN2O3/c1-16(5-6-19-2)4-3-15-12-8-10(13(17)18)7-11(14)9-12/h7-9,15H,3-6H2,1-2H3,(H,17,18). The third kappa shape index (κ3) is 6.04. The Morgan fingerprint density at radius 2 is 2.16 bits per heavy atom. The lowest BCUT2D eigenvalue weighted by molar-refractivity contribution is 0.0697. The Bertz CT molecular complexity index is 426. The fourth-order valence-corrected chi connectivity index (χ4v) is 2.06. The van der Waals surface area contributed by atoms with Crippen molar-refractivity contribution < 1.29 is 14.6 Å². The summed E-state index contributed by atoms with van der Waals surface area (Å²) in [5.74, 6) is -0.929. The molecule has 0 spiro atoms. The summed E-state index contributed by atoms with van der Waals surface area (Å²) in [6.45, 7) is 3.18. The van der Waals surface area contributed by atoms with E-state index in [2.05, 4.69) is 26.1 Å². The van der Waals surface area contributed by atoms with Crippen LogP contribution in [0.4, 0.5) is 5.69 Å². The van der Waals surface area contributed by atoms with Crippen LogP contribution in [0.25, 0.3) is 0 Å². The monoisotopic (exact) mass is 330 g/mol. The maximum atomic E-state index is 10.9. The molecule has 2 N–H and O–H groups in total. The molecule has 1 aromatic rings. The van der Waals surface area contributed by atoms with E-state index in [1.165, 1.54) is 0 Å². The van der Waals surface area contributed by atoms with E-state index in [0.717, 1.165) is 29.8 Å². The number of aromatic carboxylic acids is 1. The number of halogens is 1. The topological polar surface area (TPSA) is 61.8 Å². The molecule has 0 aromatic heterocycles. The van der Waals surface area contributed by atoms with Crippen molar-refractivity contribution in [2.24, 2.45) is 0 Å². The molecule has 0 amide bonds. The van der Waals surface area contributed by atoms with Crippen LogP contribution in [0.3, 0.4) is 0 Å². The number of anilines is 1. The molecule has 6 heteroatoms. The minimum Gasteiger partial charge on any atom is -0.478 e. The number of methoxy groups -OCH3 is 1. The quantitative estimate of drug-likeness (QED) is 0.764. The van der Waals surface area contributed by atoms with Gasteiger partial charge in [0.1, 0.15) is 0 Å². The number of nitrogens with one attached hydrogen (secondary N) is 1. The lowest BCUT2D eigenvalue weighted by atomic mass is 10.2. The number of ether oxygens (including phenoxy) is 1. The third-order valence-electron chi connectivity index (χ3n) is 2.64. The predicted molar refractivity (Wildman–Crippen MR) is 79.0 cm³/mol. The second-order valence-corrected chi connectivity index (χ2v) is 5.17. The maximum Gasteiger partial charge on any atom is 0.335 e. The van der Waals surface area contributed by atoms with Gasteiger partial charge < -0.3 is 20.1 Å². The molecule has 0 aliphatic rings. The summed E-state index contributed by atoms with van der Waals surface area (Å²) in [5, 5.41) is 12.2. The van der Waals surface area contributed by atoms with Crippen LogP contribution in [0.15, 0.2) is 22.7 Å². The fraction of sp³-hybridized carbons (Fsp3) is 0.462. The summed E-state index contributed by atoms with van der Waals surface area (Å²) in [6, 6.07) is 5.07. The molecule has 0 heterocycles. The number of likely N-dealkylation sites (N-methyl/N-ethyl adjacent to an activating group) is 1. The zero-order valence-electron chi connectivity index (χ0n) is 11.1. The molecule has 1 rings (SSSR count). The molecular weight excluding hydrogens is 312 g/mol. The van der Waals surface area contributed by atoms with E-state index in [0.29, 0.717) is 6.61 Å². The van der Waals surface area contributed by atoms with Crippen molar-refractivity contribution in [2.45, 2.75) is 0 Å². The normalized spacial score (nSPS) is 10.7. The third-order valence-corrected chi connectivity index (χ3v) is 3.10. The second-order valence-electron chi connectivity index (χ2n) is 4.26. The number of rotatable bonds is 8. The van der Waals surface area contributed by atoms with E-state index in [4.69, 9.17) is 9.84 Å². The molecule has 0 saturated heterocycles. The van der Waals surface area contributed by atoms with Gasteiger partial charge in [0.15, 0.2) is 0 Å². The SMILES string of the molecule is COCCN(C)CCNc1cc(Br)cc(C(=O)O)c1. The minimum atomic E-state index is -0.929. The number of carboxylic acids is 1. The molecule has 0 aliphatic carbocycles. The number of carbonyl (C=O) groups is 1. The van der Waals surface area contributed by atoms with Gasteiger partial charge >= 0.3 is 5.97 Å². The zero-order chi connectivity index (χ0) is 14.3. The van der Waals surface area contributed by atoms with Gasteiger partial charge in [-0.2, -0.15) is 0 Å². The van der Waals surface area contributed by atoms with E-state index >= 15 is 0 Å².